The van der Waals surface area contributed by atoms with Crippen LogP contribution in [0.15, 0.2) is 60.8 Å². The van der Waals surface area contributed by atoms with Crippen LogP contribution in [0.4, 0.5) is 0 Å². The van der Waals surface area contributed by atoms with E-state index in [0.717, 1.165) is 17.1 Å². The van der Waals surface area contributed by atoms with E-state index in [2.05, 4.69) is 15.2 Å². The molecule has 0 saturated heterocycles. The number of benzene rings is 1. The van der Waals surface area contributed by atoms with Crippen molar-refractivity contribution in [3.63, 3.8) is 0 Å². The van der Waals surface area contributed by atoms with Gasteiger partial charge in [-0.25, -0.2) is 19.1 Å². The fraction of sp³-hybridized carbons (Fsp3) is 0.143. The van der Waals surface area contributed by atoms with E-state index in [1.165, 1.54) is 0 Å². The van der Waals surface area contributed by atoms with Crippen LogP contribution < -0.4 is 0 Å². The molecule has 146 valence electrons. The van der Waals surface area contributed by atoms with Gasteiger partial charge in [-0.3, -0.25) is 0 Å². The first-order valence-electron chi connectivity index (χ1n) is 8.98. The molecule has 0 N–H and O–H groups in total. The Labute approximate surface area is 172 Å². The van der Waals surface area contributed by atoms with Gasteiger partial charge in [0.15, 0.2) is 11.5 Å². The number of carbonyl (C=O) groups is 1. The highest BCUT2D eigenvalue weighted by Gasteiger charge is 2.17. The van der Waals surface area contributed by atoms with Gasteiger partial charge in [0.1, 0.15) is 12.3 Å². The first-order valence-corrected chi connectivity index (χ1v) is 9.36. The molecule has 0 radical (unpaired) electrons. The number of para-hydroxylation sites is 1. The zero-order valence-corrected chi connectivity index (χ0v) is 16.7. The maximum atomic E-state index is 12.6. The molecule has 3 heterocycles. The molecule has 3 aromatic heterocycles. The third-order valence-electron chi connectivity index (χ3n) is 4.27. The molecule has 0 spiro atoms. The smallest absolute Gasteiger partial charge is 0.358 e. The molecular weight excluding hydrogens is 390 g/mol. The van der Waals surface area contributed by atoms with Crippen molar-refractivity contribution in [2.45, 2.75) is 20.5 Å². The Balaban J connectivity index is 1.50. The molecule has 1 aromatic carbocycles. The molecular formula is C21H18ClN5O2. The van der Waals surface area contributed by atoms with Gasteiger partial charge in [-0.05, 0) is 50.2 Å². The van der Waals surface area contributed by atoms with Crippen molar-refractivity contribution in [1.29, 1.82) is 0 Å². The molecule has 4 aromatic rings. The summed E-state index contributed by atoms with van der Waals surface area (Å²) in [6.45, 7) is 3.82. The van der Waals surface area contributed by atoms with Gasteiger partial charge in [0.25, 0.3) is 0 Å². The van der Waals surface area contributed by atoms with E-state index >= 15 is 0 Å². The Bertz CT molecular complexity index is 1170. The number of hydrogen-bond acceptors (Lipinski definition) is 5. The standard InChI is InChI=1S/C21H18ClN5O2/c1-14-12-15(2)27(24-14)19-9-8-18(22)20(23-19)21(28)29-13-16-10-11-26(25-16)17-6-4-3-5-7-17/h3-12H,13H2,1-2H3. The number of pyridine rings is 1. The van der Waals surface area contributed by atoms with Crippen molar-refractivity contribution >= 4 is 17.6 Å². The molecule has 0 aliphatic heterocycles. The summed E-state index contributed by atoms with van der Waals surface area (Å²) in [7, 11) is 0. The highest BCUT2D eigenvalue weighted by Crippen LogP contribution is 2.19. The minimum Gasteiger partial charge on any atom is -0.454 e. The molecule has 4 rings (SSSR count). The summed E-state index contributed by atoms with van der Waals surface area (Å²) in [6.07, 6.45) is 1.81. The van der Waals surface area contributed by atoms with E-state index in [1.54, 1.807) is 27.6 Å². The predicted octanol–water partition coefficient (Wildman–Crippen LogP) is 4.08. The molecule has 0 atom stereocenters. The Hall–Kier alpha value is -3.45. The van der Waals surface area contributed by atoms with Crippen molar-refractivity contribution in [2.24, 2.45) is 0 Å². The Morgan fingerprint density at radius 3 is 2.59 bits per heavy atom. The average molecular weight is 408 g/mol. The molecule has 29 heavy (non-hydrogen) atoms. The van der Waals surface area contributed by atoms with Crippen molar-refractivity contribution in [2.75, 3.05) is 0 Å². The van der Waals surface area contributed by atoms with Crippen molar-refractivity contribution in [1.82, 2.24) is 24.5 Å². The second-order valence-corrected chi connectivity index (χ2v) is 6.91. The lowest BCUT2D eigenvalue weighted by Gasteiger charge is -2.08. The van der Waals surface area contributed by atoms with Crippen LogP contribution in [-0.4, -0.2) is 30.5 Å². The van der Waals surface area contributed by atoms with Crippen LogP contribution in [0, 0.1) is 13.8 Å². The van der Waals surface area contributed by atoms with Crippen molar-refractivity contribution in [3.05, 3.63) is 88.6 Å². The topological polar surface area (TPSA) is 74.8 Å². The Kier molecular flexibility index (Phi) is 5.14. The van der Waals surface area contributed by atoms with Gasteiger partial charge in [0.05, 0.1) is 16.4 Å². The average Bonchev–Trinajstić information content (AvgIpc) is 3.33. The molecule has 0 aliphatic carbocycles. The summed E-state index contributed by atoms with van der Waals surface area (Å²) in [5.41, 5.74) is 3.35. The van der Waals surface area contributed by atoms with E-state index in [4.69, 9.17) is 16.3 Å². The van der Waals surface area contributed by atoms with E-state index in [9.17, 15) is 4.79 Å². The number of esters is 1. The zero-order chi connectivity index (χ0) is 20.4. The molecule has 0 bridgehead atoms. The lowest BCUT2D eigenvalue weighted by Crippen LogP contribution is -2.12. The predicted molar refractivity (Wildman–Crippen MR) is 109 cm³/mol. The number of aryl methyl sites for hydroxylation is 2. The highest BCUT2D eigenvalue weighted by atomic mass is 35.5. The van der Waals surface area contributed by atoms with E-state index in [-0.39, 0.29) is 17.3 Å². The van der Waals surface area contributed by atoms with Crippen LogP contribution in [0.5, 0.6) is 0 Å². The summed E-state index contributed by atoms with van der Waals surface area (Å²) < 4.78 is 8.76. The number of aromatic nitrogens is 5. The first-order chi connectivity index (χ1) is 14.0. The normalized spacial score (nSPS) is 10.9. The molecule has 0 amide bonds. The van der Waals surface area contributed by atoms with Crippen LogP contribution in [0.25, 0.3) is 11.5 Å². The van der Waals surface area contributed by atoms with E-state index in [0.29, 0.717) is 11.5 Å². The molecule has 0 fully saturated rings. The number of hydrogen-bond donors (Lipinski definition) is 0. The number of nitrogens with zero attached hydrogens (tertiary/aromatic N) is 5. The summed E-state index contributed by atoms with van der Waals surface area (Å²) in [6, 6.07) is 16.7. The van der Waals surface area contributed by atoms with Crippen LogP contribution in [0.2, 0.25) is 5.02 Å². The number of rotatable bonds is 5. The maximum absolute atomic E-state index is 12.6. The SMILES string of the molecule is Cc1cc(C)n(-c2ccc(Cl)c(C(=O)OCc3ccn(-c4ccccc4)n3)n2)n1. The fourth-order valence-corrected chi connectivity index (χ4v) is 3.11. The third-order valence-corrected chi connectivity index (χ3v) is 4.57. The molecule has 0 aliphatic rings. The molecule has 7 nitrogen and oxygen atoms in total. The number of ether oxygens (including phenoxy) is 1. The quantitative estimate of drug-likeness (QED) is 0.466. The summed E-state index contributed by atoms with van der Waals surface area (Å²) in [5.74, 6) is -0.118. The van der Waals surface area contributed by atoms with E-state index in [1.807, 2.05) is 56.4 Å². The maximum Gasteiger partial charge on any atom is 0.358 e. The van der Waals surface area contributed by atoms with Crippen molar-refractivity contribution in [3.8, 4) is 11.5 Å². The summed E-state index contributed by atoms with van der Waals surface area (Å²) in [5, 5.41) is 9.02. The zero-order valence-electron chi connectivity index (χ0n) is 15.9. The van der Waals surface area contributed by atoms with Gasteiger partial charge in [-0.1, -0.05) is 29.8 Å². The Morgan fingerprint density at radius 1 is 1.07 bits per heavy atom. The molecule has 0 unspecified atom stereocenters. The van der Waals surface area contributed by atoms with Crippen LogP contribution in [0.1, 0.15) is 27.6 Å². The monoisotopic (exact) mass is 407 g/mol. The molecule has 8 heteroatoms. The Morgan fingerprint density at radius 2 is 1.86 bits per heavy atom. The second kappa shape index (κ2) is 7.89. The summed E-state index contributed by atoms with van der Waals surface area (Å²) >= 11 is 6.18. The van der Waals surface area contributed by atoms with Crippen LogP contribution >= 0.6 is 11.6 Å². The minimum absolute atomic E-state index is 0.0147. The van der Waals surface area contributed by atoms with Gasteiger partial charge in [0, 0.05) is 11.9 Å². The van der Waals surface area contributed by atoms with Gasteiger partial charge >= 0.3 is 5.97 Å². The lowest BCUT2D eigenvalue weighted by molar-refractivity contribution is 0.0460. The van der Waals surface area contributed by atoms with Crippen LogP contribution in [-0.2, 0) is 11.3 Å². The largest absolute Gasteiger partial charge is 0.454 e. The van der Waals surface area contributed by atoms with Gasteiger partial charge in [-0.2, -0.15) is 10.2 Å². The summed E-state index contributed by atoms with van der Waals surface area (Å²) in [4.78, 5) is 16.9. The first kappa shape index (κ1) is 18.9. The van der Waals surface area contributed by atoms with Gasteiger partial charge in [0.2, 0.25) is 0 Å². The highest BCUT2D eigenvalue weighted by molar-refractivity contribution is 6.33. The van der Waals surface area contributed by atoms with Gasteiger partial charge < -0.3 is 4.74 Å². The third kappa shape index (κ3) is 4.05. The minimum atomic E-state index is -0.618. The second-order valence-electron chi connectivity index (χ2n) is 6.50. The number of halogens is 1. The number of carbonyl (C=O) groups excluding carboxylic acids is 1. The van der Waals surface area contributed by atoms with Crippen LogP contribution in [0.3, 0.4) is 0 Å². The lowest BCUT2D eigenvalue weighted by atomic mass is 10.3. The van der Waals surface area contributed by atoms with E-state index < -0.39 is 5.97 Å². The van der Waals surface area contributed by atoms with Gasteiger partial charge in [-0.15, -0.1) is 0 Å². The van der Waals surface area contributed by atoms with Crippen molar-refractivity contribution < 1.29 is 9.53 Å². The molecule has 0 saturated carbocycles. The fourth-order valence-electron chi connectivity index (χ4n) is 2.92.